The van der Waals surface area contributed by atoms with Crippen molar-refractivity contribution in [2.24, 2.45) is 0 Å². The number of hydrogen-bond donors (Lipinski definition) is 0. The first-order valence-corrected chi connectivity index (χ1v) is 4.09. The van der Waals surface area contributed by atoms with Crippen molar-refractivity contribution in [1.82, 2.24) is 0 Å². The molecule has 0 aromatic heterocycles. The molecule has 14 heavy (non-hydrogen) atoms. The smallest absolute Gasteiger partial charge is 0.150 e. The fourth-order valence-electron chi connectivity index (χ4n) is 1.31. The summed E-state index contributed by atoms with van der Waals surface area (Å²) in [5, 5.41) is 17.3. The zero-order valence-corrected chi connectivity index (χ0v) is 7.74. The molecule has 1 rings (SSSR count). The molecular formula is C11H8N2O. The van der Waals surface area contributed by atoms with Crippen molar-refractivity contribution in [3.05, 3.63) is 34.4 Å². The van der Waals surface area contributed by atoms with Crippen LogP contribution in [0.4, 0.5) is 0 Å². The highest BCUT2D eigenvalue weighted by Gasteiger charge is 2.08. The maximum atomic E-state index is 10.8. The van der Waals surface area contributed by atoms with Crippen LogP contribution in [0.5, 0.6) is 0 Å². The van der Waals surface area contributed by atoms with E-state index in [1.807, 2.05) is 12.1 Å². The highest BCUT2D eigenvalue weighted by atomic mass is 16.1. The molecule has 1 aromatic rings. The lowest BCUT2D eigenvalue weighted by Crippen LogP contribution is -1.97. The molecule has 3 nitrogen and oxygen atoms in total. The molecule has 3 heteroatoms. The van der Waals surface area contributed by atoms with Crippen LogP contribution < -0.4 is 0 Å². The van der Waals surface area contributed by atoms with Gasteiger partial charge in [-0.1, -0.05) is 6.07 Å². The standard InChI is InChI=1S/C11H8N2O/c1-8-10(6-13)3-2-9(4-5-12)11(8)7-14/h2-3,7H,4H2,1H3. The Kier molecular flexibility index (Phi) is 2.99. The van der Waals surface area contributed by atoms with E-state index in [0.29, 0.717) is 28.5 Å². The SMILES string of the molecule is Cc1c(C#N)ccc(CC#N)c1C=O. The quantitative estimate of drug-likeness (QED) is 0.657. The van der Waals surface area contributed by atoms with E-state index in [4.69, 9.17) is 10.5 Å². The van der Waals surface area contributed by atoms with Gasteiger partial charge in [0.2, 0.25) is 0 Å². The summed E-state index contributed by atoms with van der Waals surface area (Å²) < 4.78 is 0. The summed E-state index contributed by atoms with van der Waals surface area (Å²) in [4.78, 5) is 10.8. The van der Waals surface area contributed by atoms with Crippen molar-refractivity contribution >= 4 is 6.29 Å². The van der Waals surface area contributed by atoms with Crippen molar-refractivity contribution in [2.45, 2.75) is 13.3 Å². The van der Waals surface area contributed by atoms with E-state index in [1.54, 1.807) is 19.1 Å². The molecule has 0 atom stereocenters. The van der Waals surface area contributed by atoms with Gasteiger partial charge in [0.15, 0.2) is 6.29 Å². The van der Waals surface area contributed by atoms with Gasteiger partial charge in [-0.15, -0.1) is 0 Å². The Bertz CT molecular complexity index is 450. The van der Waals surface area contributed by atoms with Gasteiger partial charge >= 0.3 is 0 Å². The number of nitrogens with zero attached hydrogens (tertiary/aromatic N) is 2. The maximum absolute atomic E-state index is 10.8. The summed E-state index contributed by atoms with van der Waals surface area (Å²) in [5.74, 6) is 0. The van der Waals surface area contributed by atoms with E-state index in [1.165, 1.54) is 0 Å². The van der Waals surface area contributed by atoms with Gasteiger partial charge in [-0.3, -0.25) is 4.79 Å². The number of nitriles is 2. The Morgan fingerprint density at radius 2 is 2.14 bits per heavy atom. The highest BCUT2D eigenvalue weighted by Crippen LogP contribution is 2.16. The van der Waals surface area contributed by atoms with Crippen molar-refractivity contribution in [1.29, 1.82) is 10.5 Å². The van der Waals surface area contributed by atoms with Crippen LogP contribution in [-0.2, 0) is 6.42 Å². The average molecular weight is 184 g/mol. The first kappa shape index (κ1) is 9.95. The van der Waals surface area contributed by atoms with Gasteiger partial charge in [0.05, 0.1) is 24.1 Å². The molecule has 0 aliphatic carbocycles. The third kappa shape index (κ3) is 1.62. The molecule has 0 aliphatic rings. The molecule has 0 saturated carbocycles. The molecule has 0 amide bonds. The minimum absolute atomic E-state index is 0.195. The second-order valence-corrected chi connectivity index (χ2v) is 2.88. The Morgan fingerprint density at radius 1 is 1.43 bits per heavy atom. The number of rotatable bonds is 2. The molecule has 0 N–H and O–H groups in total. The molecule has 0 spiro atoms. The Labute approximate surface area is 82.2 Å². The normalized spacial score (nSPS) is 8.79. The number of benzene rings is 1. The molecule has 68 valence electrons. The van der Waals surface area contributed by atoms with Crippen LogP contribution in [0.25, 0.3) is 0 Å². The first-order chi connectivity index (χ1) is 6.74. The van der Waals surface area contributed by atoms with Crippen molar-refractivity contribution in [2.75, 3.05) is 0 Å². The minimum Gasteiger partial charge on any atom is -0.298 e. The molecule has 0 saturated heterocycles. The Hall–Kier alpha value is -2.13. The summed E-state index contributed by atoms with van der Waals surface area (Å²) in [6.07, 6.45) is 0.892. The first-order valence-electron chi connectivity index (χ1n) is 4.09. The Morgan fingerprint density at radius 3 is 2.64 bits per heavy atom. The summed E-state index contributed by atoms with van der Waals surface area (Å²) in [6.45, 7) is 1.71. The largest absolute Gasteiger partial charge is 0.298 e. The van der Waals surface area contributed by atoms with E-state index in [2.05, 4.69) is 0 Å². The van der Waals surface area contributed by atoms with E-state index in [0.717, 1.165) is 0 Å². The maximum Gasteiger partial charge on any atom is 0.150 e. The lowest BCUT2D eigenvalue weighted by atomic mass is 9.97. The predicted molar refractivity (Wildman–Crippen MR) is 50.6 cm³/mol. The van der Waals surface area contributed by atoms with Gasteiger partial charge in [-0.2, -0.15) is 10.5 Å². The second-order valence-electron chi connectivity index (χ2n) is 2.88. The molecule has 0 radical (unpaired) electrons. The van der Waals surface area contributed by atoms with E-state index >= 15 is 0 Å². The van der Waals surface area contributed by atoms with E-state index < -0.39 is 0 Å². The van der Waals surface area contributed by atoms with E-state index in [-0.39, 0.29) is 6.42 Å². The third-order valence-corrected chi connectivity index (χ3v) is 2.11. The fraction of sp³-hybridized carbons (Fsp3) is 0.182. The van der Waals surface area contributed by atoms with Gasteiger partial charge in [0.25, 0.3) is 0 Å². The molecule has 1 aromatic carbocycles. The second kappa shape index (κ2) is 4.20. The van der Waals surface area contributed by atoms with Crippen LogP contribution in [0.15, 0.2) is 12.1 Å². The molecule has 0 aliphatic heterocycles. The van der Waals surface area contributed by atoms with Crippen LogP contribution in [0.3, 0.4) is 0 Å². The number of hydrogen-bond acceptors (Lipinski definition) is 3. The van der Waals surface area contributed by atoms with Crippen LogP contribution in [0.1, 0.15) is 27.0 Å². The predicted octanol–water partition coefficient (Wildman–Crippen LogP) is 1.75. The summed E-state index contributed by atoms with van der Waals surface area (Å²) in [5.41, 5.74) is 2.27. The zero-order chi connectivity index (χ0) is 10.6. The third-order valence-electron chi connectivity index (χ3n) is 2.11. The van der Waals surface area contributed by atoms with Crippen molar-refractivity contribution < 1.29 is 4.79 Å². The molecule has 0 unspecified atom stereocenters. The van der Waals surface area contributed by atoms with Gasteiger partial charge in [0, 0.05) is 5.56 Å². The summed E-state index contributed by atoms with van der Waals surface area (Å²) in [6, 6.07) is 7.26. The topological polar surface area (TPSA) is 64.7 Å². The minimum atomic E-state index is 0.195. The molecule has 0 heterocycles. The monoisotopic (exact) mass is 184 g/mol. The zero-order valence-electron chi connectivity index (χ0n) is 7.74. The van der Waals surface area contributed by atoms with Crippen LogP contribution >= 0.6 is 0 Å². The van der Waals surface area contributed by atoms with E-state index in [9.17, 15) is 4.79 Å². The number of carbonyl (C=O) groups is 1. The van der Waals surface area contributed by atoms with Gasteiger partial charge in [0.1, 0.15) is 0 Å². The summed E-state index contributed by atoms with van der Waals surface area (Å²) >= 11 is 0. The van der Waals surface area contributed by atoms with Crippen molar-refractivity contribution in [3.8, 4) is 12.1 Å². The van der Waals surface area contributed by atoms with Gasteiger partial charge in [-0.05, 0) is 24.1 Å². The number of aldehydes is 1. The average Bonchev–Trinajstić information content (AvgIpc) is 2.19. The van der Waals surface area contributed by atoms with Gasteiger partial charge < -0.3 is 0 Å². The molecule has 0 bridgehead atoms. The molecule has 0 fully saturated rings. The van der Waals surface area contributed by atoms with Crippen molar-refractivity contribution in [3.63, 3.8) is 0 Å². The highest BCUT2D eigenvalue weighted by molar-refractivity contribution is 5.81. The lowest BCUT2D eigenvalue weighted by molar-refractivity contribution is 0.112. The van der Waals surface area contributed by atoms with Gasteiger partial charge in [-0.25, -0.2) is 0 Å². The lowest BCUT2D eigenvalue weighted by Gasteiger charge is -2.05. The van der Waals surface area contributed by atoms with Crippen LogP contribution in [0, 0.1) is 29.6 Å². The Balaban J connectivity index is 3.39. The molecular weight excluding hydrogens is 176 g/mol. The summed E-state index contributed by atoms with van der Waals surface area (Å²) in [7, 11) is 0. The fourth-order valence-corrected chi connectivity index (χ4v) is 1.31. The van der Waals surface area contributed by atoms with Crippen LogP contribution in [0.2, 0.25) is 0 Å². The van der Waals surface area contributed by atoms with Crippen LogP contribution in [-0.4, -0.2) is 6.29 Å². The number of carbonyl (C=O) groups excluding carboxylic acids is 1.